The Hall–Kier alpha value is -4.89. The Kier molecular flexibility index (Phi) is 9.53. The summed E-state index contributed by atoms with van der Waals surface area (Å²) in [5, 5.41) is 15.4. The van der Waals surface area contributed by atoms with Crippen molar-refractivity contribution in [3.63, 3.8) is 0 Å². The van der Waals surface area contributed by atoms with Crippen LogP contribution in [-0.4, -0.2) is 40.0 Å². The number of rotatable bonds is 10. The van der Waals surface area contributed by atoms with Crippen molar-refractivity contribution in [2.24, 2.45) is 0 Å². The number of carbonyl (C=O) groups excluding carboxylic acids is 2. The van der Waals surface area contributed by atoms with Crippen LogP contribution in [0.2, 0.25) is 5.02 Å². The van der Waals surface area contributed by atoms with Gasteiger partial charge in [0.2, 0.25) is 11.8 Å². The van der Waals surface area contributed by atoms with Crippen molar-refractivity contribution in [1.29, 1.82) is 0 Å². The molecule has 2 amide bonds. The molecule has 0 atom stereocenters. The van der Waals surface area contributed by atoms with E-state index in [9.17, 15) is 19.5 Å². The lowest BCUT2D eigenvalue weighted by Crippen LogP contribution is -2.39. The topological polar surface area (TPSA) is 127 Å². The molecule has 1 aromatic heterocycles. The second kappa shape index (κ2) is 13.8. The summed E-state index contributed by atoms with van der Waals surface area (Å²) in [5.74, 6) is 0.0653. The number of halogens is 1. The van der Waals surface area contributed by atoms with Crippen LogP contribution in [0, 0.1) is 0 Å². The van der Waals surface area contributed by atoms with Gasteiger partial charge in [0.05, 0.1) is 34.4 Å². The van der Waals surface area contributed by atoms with Crippen molar-refractivity contribution in [2.75, 3.05) is 5.32 Å². The summed E-state index contributed by atoms with van der Waals surface area (Å²) < 4.78 is 12.0. The van der Waals surface area contributed by atoms with Crippen LogP contribution >= 0.6 is 11.6 Å². The number of ether oxygens (including phenoxy) is 2. The molecule has 5 rings (SSSR count). The van der Waals surface area contributed by atoms with Crippen LogP contribution in [0.25, 0.3) is 0 Å². The fourth-order valence-corrected chi connectivity index (χ4v) is 5.09. The molecule has 0 bridgehead atoms. The Morgan fingerprint density at radius 3 is 2.19 bits per heavy atom. The quantitative estimate of drug-likeness (QED) is 0.189. The highest BCUT2D eigenvalue weighted by Gasteiger charge is 2.24. The van der Waals surface area contributed by atoms with Gasteiger partial charge in [-0.15, -0.1) is 0 Å². The van der Waals surface area contributed by atoms with Gasteiger partial charge in [-0.1, -0.05) is 41.9 Å². The summed E-state index contributed by atoms with van der Waals surface area (Å²) in [6, 6.07) is 24.0. The molecule has 3 aromatic carbocycles. The lowest BCUT2D eigenvalue weighted by atomic mass is 9.92. The molecule has 10 heteroatoms. The number of aromatic carboxylic acids is 1. The molecule has 4 aromatic rings. The maximum atomic E-state index is 12.5. The number of hydrogen-bond donors (Lipinski definition) is 3. The highest BCUT2D eigenvalue weighted by Crippen LogP contribution is 2.27. The van der Waals surface area contributed by atoms with E-state index in [1.807, 2.05) is 12.1 Å². The number of pyridine rings is 1. The number of anilines is 1. The van der Waals surface area contributed by atoms with Gasteiger partial charge >= 0.3 is 5.97 Å². The van der Waals surface area contributed by atoms with Gasteiger partial charge in [0.25, 0.3) is 5.91 Å². The third-order valence-electron chi connectivity index (χ3n) is 7.07. The first kappa shape index (κ1) is 29.6. The zero-order valence-electron chi connectivity index (χ0n) is 23.2. The van der Waals surface area contributed by atoms with Gasteiger partial charge in [0.1, 0.15) is 11.5 Å². The SMILES string of the molecule is O=C(Cc1ccc(Oc2ccc(OC3CCC(NC(=O)c4ccccc4Cl)CC3)cc2)nc1)Nc1ccccc1C(=O)O. The molecule has 220 valence electrons. The second-order valence-corrected chi connectivity index (χ2v) is 10.6. The monoisotopic (exact) mass is 599 g/mol. The van der Waals surface area contributed by atoms with E-state index in [1.54, 1.807) is 72.9 Å². The maximum absolute atomic E-state index is 12.5. The average Bonchev–Trinajstić information content (AvgIpc) is 3.00. The van der Waals surface area contributed by atoms with Gasteiger partial charge in [0.15, 0.2) is 0 Å². The number of amides is 2. The van der Waals surface area contributed by atoms with Crippen LogP contribution in [0.4, 0.5) is 5.69 Å². The Morgan fingerprint density at radius 2 is 1.51 bits per heavy atom. The molecule has 9 nitrogen and oxygen atoms in total. The van der Waals surface area contributed by atoms with Crippen molar-refractivity contribution in [2.45, 2.75) is 44.2 Å². The largest absolute Gasteiger partial charge is 0.490 e. The Labute approximate surface area is 253 Å². The summed E-state index contributed by atoms with van der Waals surface area (Å²) in [7, 11) is 0. The molecular weight excluding hydrogens is 570 g/mol. The van der Waals surface area contributed by atoms with Gasteiger partial charge in [-0.05, 0) is 79.8 Å². The molecular formula is C33H30ClN3O6. The number of carboxylic acids is 1. The van der Waals surface area contributed by atoms with E-state index in [2.05, 4.69) is 15.6 Å². The predicted octanol–water partition coefficient (Wildman–Crippen LogP) is 6.53. The number of nitrogens with one attached hydrogen (secondary N) is 2. The van der Waals surface area contributed by atoms with Crippen molar-refractivity contribution in [3.8, 4) is 17.4 Å². The lowest BCUT2D eigenvalue weighted by molar-refractivity contribution is -0.115. The molecule has 1 heterocycles. The molecule has 0 unspecified atom stereocenters. The molecule has 1 fully saturated rings. The van der Waals surface area contributed by atoms with Crippen LogP contribution in [0.1, 0.15) is 52.0 Å². The fraction of sp³-hybridized carbons (Fsp3) is 0.212. The third-order valence-corrected chi connectivity index (χ3v) is 7.40. The third kappa shape index (κ3) is 8.11. The number of carboxylic acid groups (broad SMARTS) is 1. The van der Waals surface area contributed by atoms with E-state index >= 15 is 0 Å². The highest BCUT2D eigenvalue weighted by molar-refractivity contribution is 6.33. The van der Waals surface area contributed by atoms with Crippen LogP contribution in [0.3, 0.4) is 0 Å². The van der Waals surface area contributed by atoms with Crippen LogP contribution < -0.4 is 20.1 Å². The predicted molar refractivity (Wildman–Crippen MR) is 162 cm³/mol. The van der Waals surface area contributed by atoms with E-state index in [-0.39, 0.29) is 41.6 Å². The number of nitrogens with zero attached hydrogens (tertiary/aromatic N) is 1. The molecule has 1 aliphatic carbocycles. The Bertz CT molecular complexity index is 1590. The maximum Gasteiger partial charge on any atom is 0.337 e. The number of para-hydroxylation sites is 1. The molecule has 0 saturated heterocycles. The fourth-order valence-electron chi connectivity index (χ4n) is 4.87. The van der Waals surface area contributed by atoms with Gasteiger partial charge in [-0.3, -0.25) is 9.59 Å². The number of aromatic nitrogens is 1. The summed E-state index contributed by atoms with van der Waals surface area (Å²) in [5.41, 5.74) is 1.41. The zero-order chi connectivity index (χ0) is 30.2. The highest BCUT2D eigenvalue weighted by atomic mass is 35.5. The second-order valence-electron chi connectivity index (χ2n) is 10.2. The summed E-state index contributed by atoms with van der Waals surface area (Å²) >= 11 is 6.14. The van der Waals surface area contributed by atoms with Crippen molar-refractivity contribution in [3.05, 3.63) is 113 Å². The van der Waals surface area contributed by atoms with E-state index < -0.39 is 5.97 Å². The van der Waals surface area contributed by atoms with Crippen molar-refractivity contribution >= 4 is 35.1 Å². The van der Waals surface area contributed by atoms with E-state index in [0.29, 0.717) is 27.8 Å². The van der Waals surface area contributed by atoms with Gasteiger partial charge in [-0.2, -0.15) is 0 Å². The molecule has 0 radical (unpaired) electrons. The van der Waals surface area contributed by atoms with Crippen molar-refractivity contribution in [1.82, 2.24) is 10.3 Å². The minimum absolute atomic E-state index is 0.0251. The van der Waals surface area contributed by atoms with Gasteiger partial charge in [0, 0.05) is 18.3 Å². The average molecular weight is 600 g/mol. The standard InChI is InChI=1S/C33H30ClN3O6/c34-28-7-3-1-5-26(28)32(39)36-22-10-12-23(13-11-22)42-24-14-16-25(17-15-24)43-31-18-9-21(20-35-31)19-30(38)37-29-8-4-2-6-27(29)33(40)41/h1-9,14-18,20,22-23H,10-13,19H2,(H,36,39)(H,37,38)(H,40,41). The Balaban J connectivity index is 1.06. The first-order chi connectivity index (χ1) is 20.8. The summed E-state index contributed by atoms with van der Waals surface area (Å²) in [6.45, 7) is 0. The number of hydrogen-bond acceptors (Lipinski definition) is 6. The molecule has 43 heavy (non-hydrogen) atoms. The van der Waals surface area contributed by atoms with Crippen LogP contribution in [-0.2, 0) is 11.2 Å². The minimum Gasteiger partial charge on any atom is -0.490 e. The lowest BCUT2D eigenvalue weighted by Gasteiger charge is -2.29. The first-order valence-electron chi connectivity index (χ1n) is 13.9. The molecule has 1 saturated carbocycles. The Morgan fingerprint density at radius 1 is 0.837 bits per heavy atom. The van der Waals surface area contributed by atoms with E-state index in [1.165, 1.54) is 6.07 Å². The molecule has 0 spiro atoms. The summed E-state index contributed by atoms with van der Waals surface area (Å²) in [4.78, 5) is 40.6. The molecule has 0 aliphatic heterocycles. The molecule has 3 N–H and O–H groups in total. The smallest absolute Gasteiger partial charge is 0.337 e. The number of carbonyl (C=O) groups is 3. The van der Waals surface area contributed by atoms with E-state index in [4.69, 9.17) is 21.1 Å². The van der Waals surface area contributed by atoms with Crippen LogP contribution in [0.15, 0.2) is 91.1 Å². The van der Waals surface area contributed by atoms with Gasteiger partial charge in [-0.25, -0.2) is 9.78 Å². The summed E-state index contributed by atoms with van der Waals surface area (Å²) in [6.07, 6.45) is 4.93. The number of benzene rings is 3. The van der Waals surface area contributed by atoms with Crippen molar-refractivity contribution < 1.29 is 29.0 Å². The normalized spacial score (nSPS) is 16.1. The van der Waals surface area contributed by atoms with Gasteiger partial charge < -0.3 is 25.2 Å². The molecule has 1 aliphatic rings. The zero-order valence-corrected chi connectivity index (χ0v) is 23.9. The van der Waals surface area contributed by atoms with E-state index in [0.717, 1.165) is 31.4 Å². The first-order valence-corrected chi connectivity index (χ1v) is 14.3. The minimum atomic E-state index is -1.11. The van der Waals surface area contributed by atoms with Crippen LogP contribution in [0.5, 0.6) is 17.4 Å².